The molecule has 0 bridgehead atoms. The van der Waals surface area contributed by atoms with Gasteiger partial charge in [-0.15, -0.1) is 5.10 Å². The summed E-state index contributed by atoms with van der Waals surface area (Å²) < 4.78 is 1.85. The summed E-state index contributed by atoms with van der Waals surface area (Å²) in [7, 11) is 0. The molecule has 78 valence electrons. The molecule has 2 unspecified atom stereocenters. The Morgan fingerprint density at radius 3 is 3.00 bits per heavy atom. The molecule has 1 aromatic rings. The summed E-state index contributed by atoms with van der Waals surface area (Å²) in [6, 6.07) is 0. The first-order chi connectivity index (χ1) is 6.81. The van der Waals surface area contributed by atoms with E-state index >= 15 is 0 Å². The van der Waals surface area contributed by atoms with Crippen LogP contribution < -0.4 is 5.73 Å². The molecule has 14 heavy (non-hydrogen) atoms. The highest BCUT2D eigenvalue weighted by Gasteiger charge is 2.26. The standard InChI is InChI=1S/C9H17N5/c1-7-2-3-8(6-7)9-11-12-13-14(9)5-4-10/h7-8H,2-6,10H2,1H3. The lowest BCUT2D eigenvalue weighted by molar-refractivity contribution is 0.523. The van der Waals surface area contributed by atoms with Gasteiger partial charge >= 0.3 is 0 Å². The van der Waals surface area contributed by atoms with E-state index in [9.17, 15) is 0 Å². The molecular weight excluding hydrogens is 178 g/mol. The number of nitrogens with two attached hydrogens (primary N) is 1. The maximum absolute atomic E-state index is 5.50. The fraction of sp³-hybridized carbons (Fsp3) is 0.889. The van der Waals surface area contributed by atoms with Crippen LogP contribution in [0.1, 0.15) is 37.9 Å². The van der Waals surface area contributed by atoms with Gasteiger partial charge in [0.05, 0.1) is 6.54 Å². The Hall–Kier alpha value is -0.970. The van der Waals surface area contributed by atoms with Gasteiger partial charge in [-0.1, -0.05) is 6.92 Å². The van der Waals surface area contributed by atoms with E-state index in [4.69, 9.17) is 5.73 Å². The summed E-state index contributed by atoms with van der Waals surface area (Å²) in [6.07, 6.45) is 3.72. The molecular formula is C9H17N5. The Labute approximate surface area is 83.7 Å². The summed E-state index contributed by atoms with van der Waals surface area (Å²) in [5.74, 6) is 2.38. The first-order valence-corrected chi connectivity index (χ1v) is 5.27. The van der Waals surface area contributed by atoms with Crippen molar-refractivity contribution in [3.8, 4) is 0 Å². The number of aromatic nitrogens is 4. The van der Waals surface area contributed by atoms with Gasteiger partial charge in [0.25, 0.3) is 0 Å². The zero-order valence-corrected chi connectivity index (χ0v) is 8.56. The number of hydrogen-bond donors (Lipinski definition) is 1. The fourth-order valence-electron chi connectivity index (χ4n) is 2.23. The predicted molar refractivity (Wildman–Crippen MR) is 52.6 cm³/mol. The van der Waals surface area contributed by atoms with Gasteiger partial charge in [-0.3, -0.25) is 0 Å². The quantitative estimate of drug-likeness (QED) is 0.764. The summed E-state index contributed by atoms with van der Waals surface area (Å²) in [4.78, 5) is 0. The molecule has 0 radical (unpaired) electrons. The second-order valence-corrected chi connectivity index (χ2v) is 4.16. The third-order valence-electron chi connectivity index (χ3n) is 2.96. The number of hydrogen-bond acceptors (Lipinski definition) is 4. The van der Waals surface area contributed by atoms with Gasteiger partial charge in [0.2, 0.25) is 0 Å². The third-order valence-corrected chi connectivity index (χ3v) is 2.96. The minimum atomic E-state index is 0.548. The smallest absolute Gasteiger partial charge is 0.154 e. The van der Waals surface area contributed by atoms with Gasteiger partial charge in [0, 0.05) is 12.5 Å². The van der Waals surface area contributed by atoms with Crippen molar-refractivity contribution >= 4 is 0 Å². The van der Waals surface area contributed by atoms with E-state index in [1.54, 1.807) is 0 Å². The molecule has 0 spiro atoms. The molecule has 1 saturated carbocycles. The minimum Gasteiger partial charge on any atom is -0.329 e. The monoisotopic (exact) mass is 195 g/mol. The van der Waals surface area contributed by atoms with Crippen molar-refractivity contribution in [2.45, 2.75) is 38.6 Å². The molecule has 1 heterocycles. The maximum atomic E-state index is 5.50. The summed E-state index contributed by atoms with van der Waals surface area (Å²) in [5, 5.41) is 11.8. The molecule has 1 aliphatic rings. The van der Waals surface area contributed by atoms with Crippen LogP contribution in [0.2, 0.25) is 0 Å². The lowest BCUT2D eigenvalue weighted by atomic mass is 10.1. The van der Waals surface area contributed by atoms with E-state index in [1.165, 1.54) is 19.3 Å². The van der Waals surface area contributed by atoms with Gasteiger partial charge in [-0.2, -0.15) is 0 Å². The van der Waals surface area contributed by atoms with Gasteiger partial charge < -0.3 is 5.73 Å². The lowest BCUT2D eigenvalue weighted by Crippen LogP contribution is -2.15. The molecule has 5 nitrogen and oxygen atoms in total. The second kappa shape index (κ2) is 4.04. The van der Waals surface area contributed by atoms with Crippen LogP contribution in [-0.2, 0) is 6.54 Å². The third kappa shape index (κ3) is 1.77. The molecule has 0 amide bonds. The van der Waals surface area contributed by atoms with Crippen LogP contribution in [0.3, 0.4) is 0 Å². The molecule has 1 fully saturated rings. The molecule has 5 heteroatoms. The second-order valence-electron chi connectivity index (χ2n) is 4.16. The molecule has 0 aromatic carbocycles. The van der Waals surface area contributed by atoms with Gasteiger partial charge in [-0.25, -0.2) is 4.68 Å². The molecule has 0 saturated heterocycles. The predicted octanol–water partition coefficient (Wildman–Crippen LogP) is 0.535. The Kier molecular flexibility index (Phi) is 2.77. The van der Waals surface area contributed by atoms with Crippen LogP contribution >= 0.6 is 0 Å². The van der Waals surface area contributed by atoms with Crippen molar-refractivity contribution in [2.24, 2.45) is 11.7 Å². The Bertz CT molecular complexity index is 295. The molecule has 1 aromatic heterocycles. The largest absolute Gasteiger partial charge is 0.329 e. The lowest BCUT2D eigenvalue weighted by Gasteiger charge is -2.08. The van der Waals surface area contributed by atoms with E-state index < -0.39 is 0 Å². The van der Waals surface area contributed by atoms with Crippen molar-refractivity contribution in [3.63, 3.8) is 0 Å². The maximum Gasteiger partial charge on any atom is 0.154 e. The van der Waals surface area contributed by atoms with Gasteiger partial charge in [-0.05, 0) is 35.6 Å². The van der Waals surface area contributed by atoms with Crippen LogP contribution in [-0.4, -0.2) is 26.8 Å². The fourth-order valence-corrected chi connectivity index (χ4v) is 2.23. The van der Waals surface area contributed by atoms with E-state index in [0.717, 1.165) is 18.3 Å². The van der Waals surface area contributed by atoms with Crippen molar-refractivity contribution in [2.75, 3.05) is 6.54 Å². The van der Waals surface area contributed by atoms with Crippen LogP contribution in [0, 0.1) is 5.92 Å². The van der Waals surface area contributed by atoms with E-state index in [-0.39, 0.29) is 0 Å². The van der Waals surface area contributed by atoms with Crippen LogP contribution in [0.4, 0.5) is 0 Å². The summed E-state index contributed by atoms with van der Waals surface area (Å²) in [5.41, 5.74) is 5.50. The van der Waals surface area contributed by atoms with Gasteiger partial charge in [0.1, 0.15) is 0 Å². The highest BCUT2D eigenvalue weighted by atomic mass is 15.5. The SMILES string of the molecule is CC1CCC(c2nnnn2CCN)C1. The van der Waals surface area contributed by atoms with Crippen molar-refractivity contribution in [3.05, 3.63) is 5.82 Å². The molecule has 2 rings (SSSR count). The van der Waals surface area contributed by atoms with Crippen molar-refractivity contribution in [1.29, 1.82) is 0 Å². The topological polar surface area (TPSA) is 69.6 Å². The van der Waals surface area contributed by atoms with Crippen LogP contribution in [0.25, 0.3) is 0 Å². The zero-order chi connectivity index (χ0) is 9.97. The van der Waals surface area contributed by atoms with E-state index in [0.29, 0.717) is 12.5 Å². The Morgan fingerprint density at radius 2 is 2.36 bits per heavy atom. The van der Waals surface area contributed by atoms with Crippen LogP contribution in [0.5, 0.6) is 0 Å². The Morgan fingerprint density at radius 1 is 1.50 bits per heavy atom. The highest BCUT2D eigenvalue weighted by molar-refractivity contribution is 4.97. The first kappa shape index (κ1) is 9.58. The number of rotatable bonds is 3. The van der Waals surface area contributed by atoms with Crippen LogP contribution in [0.15, 0.2) is 0 Å². The average Bonchev–Trinajstić information content (AvgIpc) is 2.74. The van der Waals surface area contributed by atoms with Crippen molar-refractivity contribution < 1.29 is 0 Å². The first-order valence-electron chi connectivity index (χ1n) is 5.27. The summed E-state index contributed by atoms with van der Waals surface area (Å²) >= 11 is 0. The minimum absolute atomic E-state index is 0.548. The zero-order valence-electron chi connectivity index (χ0n) is 8.56. The molecule has 2 atom stereocenters. The van der Waals surface area contributed by atoms with E-state index in [2.05, 4.69) is 22.4 Å². The molecule has 0 aliphatic heterocycles. The van der Waals surface area contributed by atoms with Crippen molar-refractivity contribution in [1.82, 2.24) is 20.2 Å². The van der Waals surface area contributed by atoms with E-state index in [1.807, 2.05) is 4.68 Å². The highest BCUT2D eigenvalue weighted by Crippen LogP contribution is 2.36. The number of nitrogens with zero attached hydrogens (tertiary/aromatic N) is 4. The number of tetrazole rings is 1. The molecule has 2 N–H and O–H groups in total. The Balaban J connectivity index is 2.11. The average molecular weight is 195 g/mol. The molecule has 1 aliphatic carbocycles. The van der Waals surface area contributed by atoms with Gasteiger partial charge in [0.15, 0.2) is 5.82 Å². The normalized spacial score (nSPS) is 27.0. The summed E-state index contributed by atoms with van der Waals surface area (Å²) in [6.45, 7) is 3.62.